The molecule has 2 aromatic rings. The lowest BCUT2D eigenvalue weighted by Crippen LogP contribution is -2.40. The summed E-state index contributed by atoms with van der Waals surface area (Å²) in [6.45, 7) is 2.10. The predicted molar refractivity (Wildman–Crippen MR) is 106 cm³/mol. The number of hydrogen-bond acceptors (Lipinski definition) is 5. The minimum atomic E-state index is -0.377. The Morgan fingerprint density at radius 3 is 2.32 bits per heavy atom. The lowest BCUT2D eigenvalue weighted by atomic mass is 10.0. The third kappa shape index (κ3) is 3.15. The monoisotopic (exact) mass is 398 g/mol. The third-order valence-electron chi connectivity index (χ3n) is 4.85. The molecule has 1 saturated heterocycles. The zero-order valence-electron chi connectivity index (χ0n) is 15.4. The van der Waals surface area contributed by atoms with Gasteiger partial charge in [-0.2, -0.15) is 0 Å². The van der Waals surface area contributed by atoms with Gasteiger partial charge in [0.25, 0.3) is 11.8 Å². The van der Waals surface area contributed by atoms with Crippen LogP contribution in [0.4, 0.5) is 5.69 Å². The van der Waals surface area contributed by atoms with E-state index in [-0.39, 0.29) is 11.8 Å². The van der Waals surface area contributed by atoms with E-state index in [1.54, 1.807) is 43.5 Å². The minimum Gasteiger partial charge on any atom is -0.496 e. The maximum absolute atomic E-state index is 13.4. The second-order valence-electron chi connectivity index (χ2n) is 6.45. The van der Waals surface area contributed by atoms with Gasteiger partial charge in [-0.3, -0.25) is 9.59 Å². The molecular weight excluding hydrogens is 380 g/mol. The Kier molecular flexibility index (Phi) is 5.07. The Hall–Kier alpha value is -2.83. The lowest BCUT2D eigenvalue weighted by molar-refractivity contribution is -0.121. The van der Waals surface area contributed by atoms with Gasteiger partial charge < -0.3 is 14.4 Å². The highest BCUT2D eigenvalue weighted by molar-refractivity contribution is 6.45. The summed E-state index contributed by atoms with van der Waals surface area (Å²) in [5.41, 5.74) is 1.81. The van der Waals surface area contributed by atoms with E-state index in [9.17, 15) is 9.59 Å². The molecule has 4 rings (SSSR count). The number of nitrogens with zero attached hydrogens (tertiary/aromatic N) is 2. The summed E-state index contributed by atoms with van der Waals surface area (Å²) in [6.07, 6.45) is 0. The van der Waals surface area contributed by atoms with Crippen molar-refractivity contribution in [2.45, 2.75) is 0 Å². The maximum atomic E-state index is 13.4. The molecule has 2 aliphatic heterocycles. The summed E-state index contributed by atoms with van der Waals surface area (Å²) >= 11 is 5.97. The SMILES string of the molecule is COc1ccccc1C1=C(N2CCOCC2)C(=O)N(c2ccc(Cl)cc2)C1=O. The fraction of sp³-hybridized carbons (Fsp3) is 0.238. The Bertz CT molecular complexity index is 949. The molecule has 0 unspecified atom stereocenters. The molecule has 144 valence electrons. The highest BCUT2D eigenvalue weighted by Gasteiger charge is 2.43. The number of carbonyl (C=O) groups is 2. The van der Waals surface area contributed by atoms with E-state index in [1.165, 1.54) is 4.90 Å². The quantitative estimate of drug-likeness (QED) is 0.741. The van der Waals surface area contributed by atoms with Gasteiger partial charge in [0.1, 0.15) is 11.4 Å². The van der Waals surface area contributed by atoms with Crippen LogP contribution in [0.3, 0.4) is 0 Å². The fourth-order valence-corrected chi connectivity index (χ4v) is 3.64. The van der Waals surface area contributed by atoms with Gasteiger partial charge in [-0.1, -0.05) is 29.8 Å². The van der Waals surface area contributed by atoms with Crippen LogP contribution in [-0.4, -0.2) is 50.1 Å². The van der Waals surface area contributed by atoms with Gasteiger partial charge in [0.15, 0.2) is 0 Å². The number of methoxy groups -OCH3 is 1. The van der Waals surface area contributed by atoms with Gasteiger partial charge in [0, 0.05) is 23.7 Å². The molecule has 28 heavy (non-hydrogen) atoms. The molecule has 0 aliphatic carbocycles. The average molecular weight is 399 g/mol. The van der Waals surface area contributed by atoms with E-state index >= 15 is 0 Å². The van der Waals surface area contributed by atoms with Crippen LogP contribution in [-0.2, 0) is 14.3 Å². The second-order valence-corrected chi connectivity index (χ2v) is 6.88. The molecule has 0 atom stereocenters. The van der Waals surface area contributed by atoms with E-state index in [1.807, 2.05) is 17.0 Å². The van der Waals surface area contributed by atoms with E-state index < -0.39 is 0 Å². The topological polar surface area (TPSA) is 59.1 Å². The van der Waals surface area contributed by atoms with Crippen molar-refractivity contribution in [3.05, 3.63) is 64.8 Å². The lowest BCUT2D eigenvalue weighted by Gasteiger charge is -2.29. The number of morpholine rings is 1. The molecule has 2 amide bonds. The van der Waals surface area contributed by atoms with Crippen molar-refractivity contribution < 1.29 is 19.1 Å². The smallest absolute Gasteiger partial charge is 0.282 e. The first kappa shape index (κ1) is 18.5. The summed E-state index contributed by atoms with van der Waals surface area (Å²) in [6, 6.07) is 13.9. The standard InChI is InChI=1S/C21H19ClN2O4/c1-27-17-5-3-2-4-16(17)18-19(23-10-12-28-13-11-23)21(26)24(20(18)25)15-8-6-14(22)7-9-15/h2-9H,10-13H2,1H3. The molecule has 0 bridgehead atoms. The number of imide groups is 1. The van der Waals surface area contributed by atoms with Crippen LogP contribution in [0.15, 0.2) is 54.2 Å². The number of rotatable bonds is 4. The first-order chi connectivity index (χ1) is 13.6. The molecule has 2 aliphatic rings. The number of amides is 2. The molecule has 2 aromatic carbocycles. The van der Waals surface area contributed by atoms with Gasteiger partial charge in [0.2, 0.25) is 0 Å². The molecule has 0 N–H and O–H groups in total. The van der Waals surface area contributed by atoms with Crippen LogP contribution in [0.5, 0.6) is 5.75 Å². The fourth-order valence-electron chi connectivity index (χ4n) is 3.52. The van der Waals surface area contributed by atoms with Crippen LogP contribution >= 0.6 is 11.6 Å². The highest BCUT2D eigenvalue weighted by atomic mass is 35.5. The van der Waals surface area contributed by atoms with Crippen molar-refractivity contribution in [3.63, 3.8) is 0 Å². The zero-order chi connectivity index (χ0) is 19.7. The number of hydrogen-bond donors (Lipinski definition) is 0. The van der Waals surface area contributed by atoms with E-state index in [0.717, 1.165) is 0 Å². The Labute approximate surface area is 167 Å². The molecule has 2 heterocycles. The largest absolute Gasteiger partial charge is 0.496 e. The summed E-state index contributed by atoms with van der Waals surface area (Å²) in [7, 11) is 1.55. The Morgan fingerprint density at radius 1 is 0.964 bits per heavy atom. The minimum absolute atomic E-state index is 0.347. The van der Waals surface area contributed by atoms with Gasteiger partial charge in [-0.15, -0.1) is 0 Å². The van der Waals surface area contributed by atoms with Crippen LogP contribution in [0.25, 0.3) is 5.57 Å². The summed E-state index contributed by atoms with van der Waals surface area (Å²) in [5.74, 6) is -0.184. The number of halogens is 1. The molecule has 0 spiro atoms. The number of para-hydroxylation sites is 1. The van der Waals surface area contributed by atoms with Crippen LogP contribution in [0.2, 0.25) is 5.02 Å². The van der Waals surface area contributed by atoms with Crippen molar-refractivity contribution in [2.24, 2.45) is 0 Å². The van der Waals surface area contributed by atoms with E-state index in [4.69, 9.17) is 21.1 Å². The van der Waals surface area contributed by atoms with Crippen LogP contribution in [0.1, 0.15) is 5.56 Å². The van der Waals surface area contributed by atoms with Crippen molar-refractivity contribution in [3.8, 4) is 5.75 Å². The van der Waals surface area contributed by atoms with Crippen LogP contribution < -0.4 is 9.64 Å². The van der Waals surface area contributed by atoms with Crippen molar-refractivity contribution in [2.75, 3.05) is 38.3 Å². The van der Waals surface area contributed by atoms with Crippen LogP contribution in [0, 0.1) is 0 Å². The maximum Gasteiger partial charge on any atom is 0.282 e. The third-order valence-corrected chi connectivity index (χ3v) is 5.10. The molecule has 0 aromatic heterocycles. The summed E-state index contributed by atoms with van der Waals surface area (Å²) < 4.78 is 10.9. The predicted octanol–water partition coefficient (Wildman–Crippen LogP) is 2.97. The zero-order valence-corrected chi connectivity index (χ0v) is 16.1. The molecular formula is C21H19ClN2O4. The Morgan fingerprint density at radius 2 is 1.64 bits per heavy atom. The van der Waals surface area contributed by atoms with Gasteiger partial charge in [-0.25, -0.2) is 4.90 Å². The summed E-state index contributed by atoms with van der Waals surface area (Å²) in [4.78, 5) is 29.9. The molecule has 1 fully saturated rings. The first-order valence-electron chi connectivity index (χ1n) is 8.96. The molecule has 7 heteroatoms. The molecule has 6 nitrogen and oxygen atoms in total. The first-order valence-corrected chi connectivity index (χ1v) is 9.34. The highest BCUT2D eigenvalue weighted by Crippen LogP contribution is 2.38. The number of anilines is 1. The number of carbonyl (C=O) groups excluding carboxylic acids is 2. The molecule has 0 saturated carbocycles. The Balaban J connectivity index is 1.86. The number of benzene rings is 2. The van der Waals surface area contributed by atoms with E-state index in [0.29, 0.717) is 59.6 Å². The number of ether oxygens (including phenoxy) is 2. The average Bonchev–Trinajstić information content (AvgIpc) is 2.99. The second kappa shape index (κ2) is 7.66. The molecule has 0 radical (unpaired) electrons. The van der Waals surface area contributed by atoms with Crippen molar-refractivity contribution in [1.29, 1.82) is 0 Å². The normalized spacial score (nSPS) is 17.5. The summed E-state index contributed by atoms with van der Waals surface area (Å²) in [5, 5.41) is 0.536. The van der Waals surface area contributed by atoms with Gasteiger partial charge >= 0.3 is 0 Å². The van der Waals surface area contributed by atoms with Crippen molar-refractivity contribution in [1.82, 2.24) is 4.90 Å². The van der Waals surface area contributed by atoms with Gasteiger partial charge in [-0.05, 0) is 30.3 Å². The van der Waals surface area contributed by atoms with Gasteiger partial charge in [0.05, 0.1) is 31.6 Å². The van der Waals surface area contributed by atoms with Crippen molar-refractivity contribution >= 4 is 34.7 Å². The van der Waals surface area contributed by atoms with E-state index in [2.05, 4.69) is 0 Å².